The Bertz CT molecular complexity index is 1130. The Hall–Kier alpha value is -3.46. The zero-order chi connectivity index (χ0) is 29.4. The number of carbonyl (C=O) groups is 3. The number of nitrogens with one attached hydrogen (secondary N) is 2. The van der Waals surface area contributed by atoms with Gasteiger partial charge in [0.15, 0.2) is 6.10 Å². The van der Waals surface area contributed by atoms with Crippen LogP contribution in [0.15, 0.2) is 42.6 Å². The second-order valence-electron chi connectivity index (χ2n) is 12.3. The largest absolute Gasteiger partial charge is 0.479 e. The third kappa shape index (κ3) is 9.05. The van der Waals surface area contributed by atoms with Crippen LogP contribution < -0.4 is 10.6 Å². The summed E-state index contributed by atoms with van der Waals surface area (Å²) < 4.78 is 0. The van der Waals surface area contributed by atoms with E-state index in [0.717, 1.165) is 43.4 Å². The minimum atomic E-state index is -1.66. The van der Waals surface area contributed by atoms with Crippen LogP contribution in [0.1, 0.15) is 81.9 Å². The summed E-state index contributed by atoms with van der Waals surface area (Å²) in [6, 6.07) is 10.6. The van der Waals surface area contributed by atoms with Gasteiger partial charge >= 0.3 is 12.0 Å². The molecule has 0 saturated heterocycles. The van der Waals surface area contributed by atoms with Crippen LogP contribution in [0.4, 0.5) is 10.5 Å². The van der Waals surface area contributed by atoms with E-state index in [2.05, 4.69) is 50.2 Å². The number of aliphatic hydroxyl groups excluding tert-OH is 1. The number of urea groups is 1. The highest BCUT2D eigenvalue weighted by Gasteiger charge is 2.33. The van der Waals surface area contributed by atoms with E-state index in [0.29, 0.717) is 29.6 Å². The number of aromatic nitrogens is 1. The average molecular weight is 553 g/mol. The normalized spacial score (nSPS) is 18.2. The zero-order valence-electron chi connectivity index (χ0n) is 24.3. The summed E-state index contributed by atoms with van der Waals surface area (Å²) >= 11 is 0. The first-order chi connectivity index (χ1) is 18.8. The molecule has 1 fully saturated rings. The predicted molar refractivity (Wildman–Crippen MR) is 155 cm³/mol. The second kappa shape index (κ2) is 13.7. The molecule has 40 heavy (non-hydrogen) atoms. The molecule has 4 N–H and O–H groups in total. The standard InChI is InChI=1S/C31H44N4O5/c1-20(2)16-24-12-13-25(17-32-24)34-30(40)35(26-14-10-23(11-15-26)31(3,4)5)19-21-6-8-22(9-7-21)28(37)33-18-27(36)29(38)39/h6-9,12-13,17,20,23,26-27,36H,10-11,14-16,18-19H2,1-5H3,(H,33,37)(H,34,40)(H,38,39)/t23?,26?,27-/m1/s1. The molecule has 1 aliphatic rings. The van der Waals surface area contributed by atoms with Crippen molar-refractivity contribution in [3.8, 4) is 0 Å². The number of nitrogens with zero attached hydrogens (tertiary/aromatic N) is 2. The number of hydrogen-bond acceptors (Lipinski definition) is 5. The number of hydrogen-bond donors (Lipinski definition) is 4. The number of amides is 3. The van der Waals surface area contributed by atoms with Crippen molar-refractivity contribution in [3.63, 3.8) is 0 Å². The van der Waals surface area contributed by atoms with Crippen LogP contribution in [0.25, 0.3) is 0 Å². The van der Waals surface area contributed by atoms with Crippen molar-refractivity contribution in [1.29, 1.82) is 0 Å². The topological polar surface area (TPSA) is 132 Å². The lowest BCUT2D eigenvalue weighted by Gasteiger charge is -2.41. The lowest BCUT2D eigenvalue weighted by molar-refractivity contribution is -0.146. The fourth-order valence-corrected chi connectivity index (χ4v) is 5.19. The molecule has 2 aromatic rings. The molecule has 0 radical (unpaired) electrons. The van der Waals surface area contributed by atoms with Gasteiger partial charge in [-0.2, -0.15) is 0 Å². The molecule has 3 rings (SSSR count). The van der Waals surface area contributed by atoms with Crippen LogP contribution in [0, 0.1) is 17.3 Å². The first-order valence-electron chi connectivity index (χ1n) is 14.1. The maximum atomic E-state index is 13.6. The van der Waals surface area contributed by atoms with E-state index in [9.17, 15) is 19.5 Å². The number of pyridine rings is 1. The molecule has 1 atom stereocenters. The summed E-state index contributed by atoms with van der Waals surface area (Å²) in [7, 11) is 0. The molecule has 0 unspecified atom stereocenters. The Kier molecular flexibility index (Phi) is 10.7. The molecule has 0 bridgehead atoms. The molecule has 218 valence electrons. The summed E-state index contributed by atoms with van der Waals surface area (Å²) in [5.74, 6) is -0.757. The molecule has 1 aromatic carbocycles. The Morgan fingerprint density at radius 2 is 1.68 bits per heavy atom. The van der Waals surface area contributed by atoms with Crippen LogP contribution in [0.5, 0.6) is 0 Å². The third-order valence-corrected chi connectivity index (χ3v) is 7.63. The van der Waals surface area contributed by atoms with E-state index in [1.807, 2.05) is 17.0 Å². The number of aliphatic carboxylic acids is 1. The lowest BCUT2D eigenvalue weighted by atomic mass is 9.71. The SMILES string of the molecule is CC(C)Cc1ccc(NC(=O)N(Cc2ccc(C(=O)NC[C@@H](O)C(=O)O)cc2)C2CCC(C(C)(C)C)CC2)cn1. The van der Waals surface area contributed by atoms with Crippen LogP contribution in [-0.2, 0) is 17.8 Å². The minimum absolute atomic E-state index is 0.0901. The number of carboxylic acid groups (broad SMARTS) is 1. The number of aliphatic hydroxyl groups is 1. The van der Waals surface area contributed by atoms with Gasteiger partial charge in [-0.25, -0.2) is 9.59 Å². The quantitative estimate of drug-likeness (QED) is 0.324. The van der Waals surface area contributed by atoms with Crippen LogP contribution >= 0.6 is 0 Å². The molecule has 1 aromatic heterocycles. The number of rotatable bonds is 10. The Morgan fingerprint density at radius 3 is 2.20 bits per heavy atom. The highest BCUT2D eigenvalue weighted by atomic mass is 16.4. The number of benzene rings is 1. The summed E-state index contributed by atoms with van der Waals surface area (Å²) in [5.41, 5.74) is 3.10. The molecular formula is C31H44N4O5. The predicted octanol–water partition coefficient (Wildman–Crippen LogP) is 5.09. The fraction of sp³-hybridized carbons (Fsp3) is 0.548. The molecular weight excluding hydrogens is 508 g/mol. The van der Waals surface area contributed by atoms with Gasteiger partial charge in [0.05, 0.1) is 18.4 Å². The maximum absolute atomic E-state index is 13.6. The Morgan fingerprint density at radius 1 is 1.02 bits per heavy atom. The zero-order valence-corrected chi connectivity index (χ0v) is 24.3. The molecule has 1 aliphatic carbocycles. The fourth-order valence-electron chi connectivity index (χ4n) is 5.19. The molecule has 9 heteroatoms. The van der Waals surface area contributed by atoms with E-state index in [4.69, 9.17) is 5.11 Å². The van der Waals surface area contributed by atoms with Crippen molar-refractivity contribution < 1.29 is 24.6 Å². The van der Waals surface area contributed by atoms with Crippen molar-refractivity contribution in [1.82, 2.24) is 15.2 Å². The van der Waals surface area contributed by atoms with Crippen molar-refractivity contribution >= 4 is 23.6 Å². The Labute approximate surface area is 237 Å². The van der Waals surface area contributed by atoms with Crippen LogP contribution in [0.3, 0.4) is 0 Å². The van der Waals surface area contributed by atoms with Gasteiger partial charge in [0.25, 0.3) is 5.91 Å². The van der Waals surface area contributed by atoms with Gasteiger partial charge in [-0.1, -0.05) is 46.8 Å². The third-order valence-electron chi connectivity index (χ3n) is 7.63. The number of anilines is 1. The second-order valence-corrected chi connectivity index (χ2v) is 12.3. The summed E-state index contributed by atoms with van der Waals surface area (Å²) in [6.45, 7) is 11.1. The monoisotopic (exact) mass is 552 g/mol. The van der Waals surface area contributed by atoms with Gasteiger partial charge in [-0.3, -0.25) is 9.78 Å². The molecule has 1 heterocycles. The van der Waals surface area contributed by atoms with Crippen LogP contribution in [0.2, 0.25) is 0 Å². The van der Waals surface area contributed by atoms with Crippen molar-refractivity contribution in [3.05, 3.63) is 59.4 Å². The minimum Gasteiger partial charge on any atom is -0.479 e. The first kappa shape index (κ1) is 31.1. The molecule has 3 amide bonds. The van der Waals surface area contributed by atoms with E-state index >= 15 is 0 Å². The maximum Gasteiger partial charge on any atom is 0.334 e. The van der Waals surface area contributed by atoms with Gasteiger partial charge in [0.2, 0.25) is 0 Å². The highest BCUT2D eigenvalue weighted by Crippen LogP contribution is 2.39. The number of carboxylic acids is 1. The van der Waals surface area contributed by atoms with E-state index < -0.39 is 18.0 Å². The average Bonchev–Trinajstić information content (AvgIpc) is 2.90. The number of carbonyl (C=O) groups excluding carboxylic acids is 2. The summed E-state index contributed by atoms with van der Waals surface area (Å²) in [6.07, 6.45) is 4.89. The summed E-state index contributed by atoms with van der Waals surface area (Å²) in [4.78, 5) is 43.1. The lowest BCUT2D eigenvalue weighted by Crippen LogP contribution is -2.45. The van der Waals surface area contributed by atoms with Crippen molar-refractivity contribution in [2.45, 2.75) is 85.4 Å². The van der Waals surface area contributed by atoms with E-state index in [1.54, 1.807) is 30.5 Å². The smallest absolute Gasteiger partial charge is 0.334 e. The molecule has 0 aliphatic heterocycles. The van der Waals surface area contributed by atoms with Crippen LogP contribution in [-0.4, -0.2) is 56.7 Å². The highest BCUT2D eigenvalue weighted by molar-refractivity contribution is 5.94. The van der Waals surface area contributed by atoms with Gasteiger partial charge in [0.1, 0.15) is 0 Å². The van der Waals surface area contributed by atoms with Gasteiger partial charge < -0.3 is 25.7 Å². The van der Waals surface area contributed by atoms with Gasteiger partial charge in [-0.05, 0) is 79.2 Å². The summed E-state index contributed by atoms with van der Waals surface area (Å²) in [5, 5.41) is 23.6. The first-order valence-corrected chi connectivity index (χ1v) is 14.1. The molecule has 0 spiro atoms. The van der Waals surface area contributed by atoms with Crippen molar-refractivity contribution in [2.24, 2.45) is 17.3 Å². The molecule has 1 saturated carbocycles. The van der Waals surface area contributed by atoms with Gasteiger partial charge in [-0.15, -0.1) is 0 Å². The van der Waals surface area contributed by atoms with E-state index in [-0.39, 0.29) is 24.0 Å². The molecule has 9 nitrogen and oxygen atoms in total. The van der Waals surface area contributed by atoms with Crippen molar-refractivity contribution in [2.75, 3.05) is 11.9 Å². The van der Waals surface area contributed by atoms with E-state index in [1.165, 1.54) is 0 Å². The Balaban J connectivity index is 1.72. The van der Waals surface area contributed by atoms with Gasteiger partial charge in [0, 0.05) is 23.8 Å².